The van der Waals surface area contributed by atoms with Gasteiger partial charge in [0, 0.05) is 5.69 Å². The molecule has 1 saturated carbocycles. The molecule has 0 amide bonds. The summed E-state index contributed by atoms with van der Waals surface area (Å²) in [4.78, 5) is 0. The van der Waals surface area contributed by atoms with Crippen LogP contribution in [0.3, 0.4) is 0 Å². The summed E-state index contributed by atoms with van der Waals surface area (Å²) in [5, 5.41) is 9.54. The first-order valence-corrected chi connectivity index (χ1v) is 6.56. The number of nitrogens with zero attached hydrogens (tertiary/aromatic N) is 1. The van der Waals surface area contributed by atoms with Crippen molar-refractivity contribution in [3.05, 3.63) is 65.7 Å². The highest BCUT2D eigenvalue weighted by Crippen LogP contribution is 2.52. The summed E-state index contributed by atoms with van der Waals surface area (Å²) < 4.78 is 0. The molecule has 0 heterocycles. The minimum absolute atomic E-state index is 0.325. The van der Waals surface area contributed by atoms with Crippen molar-refractivity contribution in [2.24, 2.45) is 0 Å². The summed E-state index contributed by atoms with van der Waals surface area (Å²) in [6.45, 7) is 0. The van der Waals surface area contributed by atoms with Gasteiger partial charge in [-0.3, -0.25) is 0 Å². The third kappa shape index (κ3) is 1.98. The highest BCUT2D eigenvalue weighted by atomic mass is 14.5. The van der Waals surface area contributed by atoms with Crippen molar-refractivity contribution in [1.82, 2.24) is 0 Å². The first-order valence-electron chi connectivity index (χ1n) is 6.56. The van der Waals surface area contributed by atoms with Gasteiger partial charge in [0.05, 0.1) is 11.5 Å². The maximum absolute atomic E-state index is 9.54. The fourth-order valence-corrected chi connectivity index (χ4v) is 2.94. The van der Waals surface area contributed by atoms with Crippen molar-refractivity contribution in [2.45, 2.75) is 24.2 Å². The highest BCUT2D eigenvalue weighted by molar-refractivity contribution is 5.46. The minimum Gasteiger partial charge on any atom is -0.399 e. The highest BCUT2D eigenvalue weighted by Gasteiger charge is 2.46. The van der Waals surface area contributed by atoms with Crippen molar-refractivity contribution in [3.63, 3.8) is 0 Å². The lowest BCUT2D eigenvalue weighted by atomic mass is 9.58. The fourth-order valence-electron chi connectivity index (χ4n) is 2.94. The molecule has 1 aliphatic rings. The molecule has 2 N–H and O–H groups in total. The van der Waals surface area contributed by atoms with E-state index < -0.39 is 0 Å². The molecule has 2 aromatic carbocycles. The van der Waals surface area contributed by atoms with E-state index in [1.54, 1.807) is 0 Å². The van der Waals surface area contributed by atoms with Crippen LogP contribution in [0.1, 0.15) is 29.9 Å². The van der Waals surface area contributed by atoms with Gasteiger partial charge in [-0.2, -0.15) is 5.26 Å². The van der Waals surface area contributed by atoms with E-state index in [1.165, 1.54) is 5.56 Å². The fraction of sp³-hybridized carbons (Fsp3) is 0.235. The molecule has 0 aliphatic heterocycles. The monoisotopic (exact) mass is 248 g/mol. The third-order valence-corrected chi connectivity index (χ3v) is 4.14. The SMILES string of the molecule is N#CC1(c2ccc(N)cc2)CC(c2ccccc2)C1. The van der Waals surface area contributed by atoms with E-state index in [1.807, 2.05) is 30.3 Å². The second kappa shape index (κ2) is 4.44. The largest absolute Gasteiger partial charge is 0.399 e. The Hall–Kier alpha value is -2.27. The third-order valence-electron chi connectivity index (χ3n) is 4.14. The van der Waals surface area contributed by atoms with E-state index in [-0.39, 0.29) is 5.41 Å². The molecule has 1 fully saturated rings. The molecular formula is C17H16N2. The van der Waals surface area contributed by atoms with Gasteiger partial charge in [0.1, 0.15) is 0 Å². The van der Waals surface area contributed by atoms with E-state index in [9.17, 15) is 5.26 Å². The lowest BCUT2D eigenvalue weighted by Gasteiger charge is -2.43. The number of hydrogen-bond donors (Lipinski definition) is 1. The molecule has 0 bridgehead atoms. The molecule has 0 atom stereocenters. The van der Waals surface area contributed by atoms with Crippen molar-refractivity contribution in [1.29, 1.82) is 5.26 Å². The van der Waals surface area contributed by atoms with E-state index >= 15 is 0 Å². The van der Waals surface area contributed by atoms with Crippen LogP contribution in [0.2, 0.25) is 0 Å². The summed E-state index contributed by atoms with van der Waals surface area (Å²) in [7, 11) is 0. The number of nitrogens with two attached hydrogens (primary N) is 1. The second-order valence-electron chi connectivity index (χ2n) is 5.33. The van der Waals surface area contributed by atoms with E-state index in [4.69, 9.17) is 5.73 Å². The maximum Gasteiger partial charge on any atom is 0.0834 e. The molecule has 0 saturated heterocycles. The van der Waals surface area contributed by atoms with Crippen LogP contribution in [0.5, 0.6) is 0 Å². The predicted octanol–water partition coefficient (Wildman–Crippen LogP) is 3.61. The Labute approximate surface area is 113 Å². The van der Waals surface area contributed by atoms with Gasteiger partial charge in [0.25, 0.3) is 0 Å². The van der Waals surface area contributed by atoms with E-state index in [0.29, 0.717) is 5.92 Å². The van der Waals surface area contributed by atoms with Crippen LogP contribution in [0, 0.1) is 11.3 Å². The summed E-state index contributed by atoms with van der Waals surface area (Å²) in [6, 6.07) is 20.7. The van der Waals surface area contributed by atoms with Crippen LogP contribution >= 0.6 is 0 Å². The number of nitrogen functional groups attached to an aromatic ring is 1. The standard InChI is InChI=1S/C17H16N2/c18-12-17(15-6-8-16(19)9-7-15)10-14(11-17)13-4-2-1-3-5-13/h1-9,14H,10-11,19H2. The van der Waals surface area contributed by atoms with Gasteiger partial charge in [-0.15, -0.1) is 0 Å². The predicted molar refractivity (Wildman–Crippen MR) is 76.6 cm³/mol. The maximum atomic E-state index is 9.54. The summed E-state index contributed by atoms with van der Waals surface area (Å²) in [5.41, 5.74) is 8.56. The van der Waals surface area contributed by atoms with Crippen molar-refractivity contribution in [3.8, 4) is 6.07 Å². The summed E-state index contributed by atoms with van der Waals surface area (Å²) >= 11 is 0. The molecule has 0 radical (unpaired) electrons. The van der Waals surface area contributed by atoms with Gasteiger partial charge < -0.3 is 5.73 Å². The normalized spacial score (nSPS) is 25.3. The summed E-state index contributed by atoms with van der Waals surface area (Å²) in [6.07, 6.45) is 1.80. The zero-order chi connectivity index (χ0) is 13.3. The van der Waals surface area contributed by atoms with Crippen molar-refractivity contribution < 1.29 is 0 Å². The minimum atomic E-state index is -0.325. The van der Waals surface area contributed by atoms with Crippen LogP contribution < -0.4 is 5.73 Å². The Morgan fingerprint density at radius 3 is 2.21 bits per heavy atom. The molecule has 2 aromatic rings. The Balaban J connectivity index is 1.82. The smallest absolute Gasteiger partial charge is 0.0834 e. The zero-order valence-corrected chi connectivity index (χ0v) is 10.7. The Morgan fingerprint density at radius 1 is 1.00 bits per heavy atom. The van der Waals surface area contributed by atoms with Crippen LogP contribution in [-0.4, -0.2) is 0 Å². The molecule has 0 spiro atoms. The molecule has 2 heteroatoms. The summed E-state index contributed by atoms with van der Waals surface area (Å²) in [5.74, 6) is 0.499. The molecule has 0 aromatic heterocycles. The van der Waals surface area contributed by atoms with Gasteiger partial charge in [0.15, 0.2) is 0 Å². The lowest BCUT2D eigenvalue weighted by molar-refractivity contribution is 0.270. The molecule has 94 valence electrons. The Morgan fingerprint density at radius 2 is 1.63 bits per heavy atom. The molecule has 2 nitrogen and oxygen atoms in total. The molecule has 19 heavy (non-hydrogen) atoms. The Kier molecular flexibility index (Phi) is 2.76. The van der Waals surface area contributed by atoms with Gasteiger partial charge in [-0.1, -0.05) is 42.5 Å². The number of nitriles is 1. The van der Waals surface area contributed by atoms with E-state index in [2.05, 4.69) is 30.3 Å². The number of hydrogen-bond acceptors (Lipinski definition) is 2. The van der Waals surface area contributed by atoms with Gasteiger partial charge in [-0.05, 0) is 42.0 Å². The van der Waals surface area contributed by atoms with Gasteiger partial charge in [-0.25, -0.2) is 0 Å². The van der Waals surface area contributed by atoms with Crippen molar-refractivity contribution >= 4 is 5.69 Å². The van der Waals surface area contributed by atoms with Crippen LogP contribution in [-0.2, 0) is 5.41 Å². The Bertz CT molecular complexity index is 602. The van der Waals surface area contributed by atoms with Crippen LogP contribution in [0.25, 0.3) is 0 Å². The van der Waals surface area contributed by atoms with Gasteiger partial charge >= 0.3 is 0 Å². The average molecular weight is 248 g/mol. The number of rotatable bonds is 2. The average Bonchev–Trinajstić information content (AvgIpc) is 2.41. The quantitative estimate of drug-likeness (QED) is 0.825. The lowest BCUT2D eigenvalue weighted by Crippen LogP contribution is -2.38. The van der Waals surface area contributed by atoms with E-state index in [0.717, 1.165) is 24.1 Å². The van der Waals surface area contributed by atoms with Crippen LogP contribution in [0.4, 0.5) is 5.69 Å². The zero-order valence-electron chi connectivity index (χ0n) is 10.7. The first-order chi connectivity index (χ1) is 9.23. The van der Waals surface area contributed by atoms with Gasteiger partial charge in [0.2, 0.25) is 0 Å². The van der Waals surface area contributed by atoms with Crippen molar-refractivity contribution in [2.75, 3.05) is 5.73 Å². The molecular weight excluding hydrogens is 232 g/mol. The molecule has 3 rings (SSSR count). The van der Waals surface area contributed by atoms with Crippen LogP contribution in [0.15, 0.2) is 54.6 Å². The molecule has 1 aliphatic carbocycles. The number of benzene rings is 2. The number of anilines is 1. The second-order valence-corrected chi connectivity index (χ2v) is 5.33. The molecule has 0 unspecified atom stereocenters. The first kappa shape index (κ1) is 11.8. The topological polar surface area (TPSA) is 49.8 Å².